The van der Waals surface area contributed by atoms with Crippen LogP contribution in [0.3, 0.4) is 0 Å². The molecule has 0 bridgehead atoms. The van der Waals surface area contributed by atoms with Crippen molar-refractivity contribution < 1.29 is 14.3 Å². The molecule has 0 unspecified atom stereocenters. The van der Waals surface area contributed by atoms with E-state index in [1.165, 1.54) is 0 Å². The van der Waals surface area contributed by atoms with Gasteiger partial charge in [0, 0.05) is 5.69 Å². The summed E-state index contributed by atoms with van der Waals surface area (Å²) in [5.41, 5.74) is 0.251. The summed E-state index contributed by atoms with van der Waals surface area (Å²) >= 11 is 23.2. The Labute approximate surface area is 151 Å². The molecule has 1 N–H and O–H groups in total. The van der Waals surface area contributed by atoms with Crippen molar-refractivity contribution >= 4 is 64.0 Å². The average Bonchev–Trinajstić information content (AvgIpc) is 2.55. The molecule has 0 saturated heterocycles. The van der Waals surface area contributed by atoms with E-state index in [1.54, 1.807) is 30.3 Å². The van der Waals surface area contributed by atoms with Crippen LogP contribution >= 0.6 is 46.4 Å². The summed E-state index contributed by atoms with van der Waals surface area (Å²) in [5, 5.41) is 1.97. The van der Waals surface area contributed by atoms with Crippen molar-refractivity contribution in [3.05, 3.63) is 56.2 Å². The number of para-hydroxylation sites is 1. The molecule has 9 heteroatoms. The number of pyridine rings is 1. The minimum absolute atomic E-state index is 0.0725. The van der Waals surface area contributed by atoms with Crippen molar-refractivity contribution in [3.63, 3.8) is 0 Å². The minimum atomic E-state index is -0.946. The smallest absolute Gasteiger partial charge is 0.359 e. The highest BCUT2D eigenvalue weighted by atomic mass is 35.5. The number of benzene rings is 1. The highest BCUT2D eigenvalue weighted by Gasteiger charge is 2.22. The van der Waals surface area contributed by atoms with Crippen molar-refractivity contribution in [1.29, 1.82) is 0 Å². The summed E-state index contributed by atoms with van der Waals surface area (Å²) in [4.78, 5) is 27.3. The number of hydrogen-bond acceptors (Lipinski definition) is 4. The number of carbonyl (C=O) groups is 2. The fourth-order valence-corrected chi connectivity index (χ4v) is 2.35. The van der Waals surface area contributed by atoms with Gasteiger partial charge in [-0.15, -0.1) is 0 Å². The molecule has 1 aromatic heterocycles. The van der Waals surface area contributed by atoms with E-state index in [-0.39, 0.29) is 25.9 Å². The highest BCUT2D eigenvalue weighted by molar-refractivity contribution is 6.52. The van der Waals surface area contributed by atoms with E-state index in [1.807, 2.05) is 0 Å². The first-order valence-corrected chi connectivity index (χ1v) is 7.63. The molecular weight excluding hydrogens is 386 g/mol. The zero-order chi connectivity index (χ0) is 17.0. The molecule has 23 heavy (non-hydrogen) atoms. The lowest BCUT2D eigenvalue weighted by Crippen LogP contribution is -2.21. The van der Waals surface area contributed by atoms with E-state index in [2.05, 4.69) is 10.3 Å². The topological polar surface area (TPSA) is 68.3 Å². The summed E-state index contributed by atoms with van der Waals surface area (Å²) in [7, 11) is 0. The van der Waals surface area contributed by atoms with E-state index in [9.17, 15) is 9.59 Å². The number of esters is 1. The molecule has 0 aliphatic carbocycles. The SMILES string of the molecule is O=C(COC(=O)c1nc(Cl)c(Cl)c(Cl)c1Cl)Nc1ccccc1. The third-order valence-corrected chi connectivity index (χ3v) is 4.25. The van der Waals surface area contributed by atoms with E-state index < -0.39 is 18.5 Å². The van der Waals surface area contributed by atoms with Crippen molar-refractivity contribution in [3.8, 4) is 0 Å². The van der Waals surface area contributed by atoms with Crippen LogP contribution in [0.1, 0.15) is 10.5 Å². The minimum Gasteiger partial charge on any atom is -0.451 e. The molecule has 0 radical (unpaired) electrons. The van der Waals surface area contributed by atoms with Crippen LogP contribution in [0.15, 0.2) is 30.3 Å². The number of nitrogens with zero attached hydrogens (tertiary/aromatic N) is 1. The lowest BCUT2D eigenvalue weighted by atomic mass is 10.3. The Morgan fingerprint density at radius 1 is 1.00 bits per heavy atom. The van der Waals surface area contributed by atoms with Crippen LogP contribution in [0.5, 0.6) is 0 Å². The van der Waals surface area contributed by atoms with Gasteiger partial charge in [0.2, 0.25) is 0 Å². The van der Waals surface area contributed by atoms with E-state index in [4.69, 9.17) is 51.1 Å². The van der Waals surface area contributed by atoms with Gasteiger partial charge in [-0.25, -0.2) is 9.78 Å². The number of ether oxygens (including phenoxy) is 1. The Kier molecular flexibility index (Phi) is 6.07. The van der Waals surface area contributed by atoms with Gasteiger partial charge >= 0.3 is 5.97 Å². The molecule has 0 spiro atoms. The first-order valence-electron chi connectivity index (χ1n) is 6.12. The van der Waals surface area contributed by atoms with Crippen LogP contribution in [0, 0.1) is 0 Å². The zero-order valence-electron chi connectivity index (χ0n) is 11.3. The molecule has 1 heterocycles. The summed E-state index contributed by atoms with van der Waals surface area (Å²) in [6.07, 6.45) is 0. The number of aromatic nitrogens is 1. The summed E-state index contributed by atoms with van der Waals surface area (Å²) in [6.45, 7) is -0.524. The molecule has 0 fully saturated rings. The second-order valence-electron chi connectivity index (χ2n) is 4.18. The van der Waals surface area contributed by atoms with Crippen LogP contribution in [0.4, 0.5) is 5.69 Å². The van der Waals surface area contributed by atoms with Crippen molar-refractivity contribution in [2.45, 2.75) is 0 Å². The van der Waals surface area contributed by atoms with E-state index in [0.29, 0.717) is 5.69 Å². The molecule has 120 valence electrons. The van der Waals surface area contributed by atoms with Gasteiger partial charge < -0.3 is 10.1 Å². The van der Waals surface area contributed by atoms with E-state index >= 15 is 0 Å². The van der Waals surface area contributed by atoms with Crippen LogP contribution < -0.4 is 5.32 Å². The van der Waals surface area contributed by atoms with Gasteiger partial charge in [0.1, 0.15) is 5.15 Å². The van der Waals surface area contributed by atoms with Crippen molar-refractivity contribution in [2.24, 2.45) is 0 Å². The van der Waals surface area contributed by atoms with E-state index in [0.717, 1.165) is 0 Å². The Balaban J connectivity index is 2.01. The number of amides is 1. The molecular formula is C14H8Cl4N2O3. The number of rotatable bonds is 4. The van der Waals surface area contributed by atoms with Crippen molar-refractivity contribution in [2.75, 3.05) is 11.9 Å². The highest BCUT2D eigenvalue weighted by Crippen LogP contribution is 2.36. The van der Waals surface area contributed by atoms with Gasteiger partial charge in [0.15, 0.2) is 12.3 Å². The number of nitrogens with one attached hydrogen (secondary N) is 1. The lowest BCUT2D eigenvalue weighted by Gasteiger charge is -2.09. The molecule has 0 atom stereocenters. The van der Waals surface area contributed by atoms with Crippen LogP contribution in [-0.2, 0) is 9.53 Å². The van der Waals surface area contributed by atoms with Gasteiger partial charge in [-0.1, -0.05) is 64.6 Å². The maximum absolute atomic E-state index is 11.9. The Bertz CT molecular complexity index is 753. The normalized spacial score (nSPS) is 10.3. The van der Waals surface area contributed by atoms with Gasteiger partial charge in [-0.05, 0) is 12.1 Å². The number of anilines is 1. The van der Waals surface area contributed by atoms with Crippen LogP contribution in [-0.4, -0.2) is 23.5 Å². The predicted octanol–water partition coefficient (Wildman–Crippen LogP) is 4.49. The Hall–Kier alpha value is -1.53. The van der Waals surface area contributed by atoms with Crippen molar-refractivity contribution in [1.82, 2.24) is 4.98 Å². The monoisotopic (exact) mass is 392 g/mol. The van der Waals surface area contributed by atoms with Gasteiger partial charge in [0.25, 0.3) is 5.91 Å². The predicted molar refractivity (Wildman–Crippen MR) is 89.6 cm³/mol. The third kappa shape index (κ3) is 4.48. The molecule has 0 saturated carbocycles. The van der Waals surface area contributed by atoms with Gasteiger partial charge in [0.05, 0.1) is 15.1 Å². The molecule has 1 amide bonds. The average molecular weight is 394 g/mol. The van der Waals surface area contributed by atoms with Gasteiger partial charge in [-0.2, -0.15) is 0 Å². The fraction of sp³-hybridized carbons (Fsp3) is 0.0714. The quantitative estimate of drug-likeness (QED) is 0.613. The Morgan fingerprint density at radius 3 is 2.30 bits per heavy atom. The summed E-state index contributed by atoms with van der Waals surface area (Å²) in [6, 6.07) is 8.69. The Morgan fingerprint density at radius 2 is 1.65 bits per heavy atom. The standard InChI is InChI=1S/C14H8Cl4N2O3/c15-9-10(16)12(20-13(18)11(9)17)14(22)23-6-8(21)19-7-4-2-1-3-5-7/h1-5H,6H2,(H,19,21). The zero-order valence-corrected chi connectivity index (χ0v) is 14.3. The lowest BCUT2D eigenvalue weighted by molar-refractivity contribution is -0.119. The van der Waals surface area contributed by atoms with Crippen LogP contribution in [0.25, 0.3) is 0 Å². The maximum Gasteiger partial charge on any atom is 0.359 e. The summed E-state index contributed by atoms with van der Waals surface area (Å²) < 4.78 is 4.83. The first kappa shape index (κ1) is 17.8. The molecule has 5 nitrogen and oxygen atoms in total. The largest absolute Gasteiger partial charge is 0.451 e. The molecule has 0 aliphatic rings. The second-order valence-corrected chi connectivity index (χ2v) is 5.68. The first-order chi connectivity index (χ1) is 10.9. The van der Waals surface area contributed by atoms with Gasteiger partial charge in [-0.3, -0.25) is 4.79 Å². The number of halogens is 4. The summed E-state index contributed by atoms with van der Waals surface area (Å²) in [5.74, 6) is -1.47. The number of carbonyl (C=O) groups excluding carboxylic acids is 2. The second kappa shape index (κ2) is 7.84. The molecule has 2 aromatic rings. The fourth-order valence-electron chi connectivity index (χ4n) is 1.54. The molecule has 2 rings (SSSR count). The molecule has 1 aromatic carbocycles. The molecule has 0 aliphatic heterocycles. The number of hydrogen-bond donors (Lipinski definition) is 1. The maximum atomic E-state index is 11.9. The van der Waals surface area contributed by atoms with Crippen LogP contribution in [0.2, 0.25) is 20.2 Å². The third-order valence-electron chi connectivity index (χ3n) is 2.57.